The van der Waals surface area contributed by atoms with Gasteiger partial charge in [0, 0.05) is 24.2 Å². The SMILES string of the molecule is COc1ccc(N2C[C@H](C(=O)O[C@H](C)C(=O)c3ccc(C)cc3)CC2=O)cc1. The summed E-state index contributed by atoms with van der Waals surface area (Å²) in [6.07, 6.45) is -0.837. The zero-order valence-corrected chi connectivity index (χ0v) is 16.2. The summed E-state index contributed by atoms with van der Waals surface area (Å²) in [4.78, 5) is 38.8. The molecule has 3 rings (SSSR count). The molecule has 1 fully saturated rings. The van der Waals surface area contributed by atoms with Gasteiger partial charge in [-0.1, -0.05) is 29.8 Å². The lowest BCUT2D eigenvalue weighted by Gasteiger charge is -2.18. The van der Waals surface area contributed by atoms with E-state index in [-0.39, 0.29) is 24.7 Å². The standard InChI is InChI=1S/C22H23NO5/c1-14-4-6-16(7-5-14)21(25)15(2)28-22(26)17-12-20(24)23(13-17)18-8-10-19(27-3)11-9-18/h4-11,15,17H,12-13H2,1-3H3/t15-,17-/m1/s1. The van der Waals surface area contributed by atoms with Gasteiger partial charge in [-0.05, 0) is 38.1 Å². The van der Waals surface area contributed by atoms with Crippen LogP contribution in [0.5, 0.6) is 5.75 Å². The second-order valence-electron chi connectivity index (χ2n) is 6.91. The van der Waals surface area contributed by atoms with Gasteiger partial charge in [0.2, 0.25) is 11.7 Å². The Hall–Kier alpha value is -3.15. The molecule has 0 spiro atoms. The first kappa shape index (κ1) is 19.6. The first-order valence-corrected chi connectivity index (χ1v) is 9.15. The molecule has 1 amide bonds. The maximum Gasteiger partial charge on any atom is 0.312 e. The van der Waals surface area contributed by atoms with Gasteiger partial charge < -0.3 is 14.4 Å². The van der Waals surface area contributed by atoms with Crippen molar-refractivity contribution in [2.24, 2.45) is 5.92 Å². The smallest absolute Gasteiger partial charge is 0.312 e. The highest BCUT2D eigenvalue weighted by Gasteiger charge is 2.37. The molecular weight excluding hydrogens is 358 g/mol. The number of methoxy groups -OCH3 is 1. The zero-order chi connectivity index (χ0) is 20.3. The van der Waals surface area contributed by atoms with E-state index in [0.717, 1.165) is 5.56 Å². The molecule has 28 heavy (non-hydrogen) atoms. The van der Waals surface area contributed by atoms with E-state index in [2.05, 4.69) is 0 Å². The van der Waals surface area contributed by atoms with Crippen LogP contribution in [0, 0.1) is 12.8 Å². The number of ether oxygens (including phenoxy) is 2. The van der Waals surface area contributed by atoms with Crippen LogP contribution in [-0.4, -0.2) is 37.4 Å². The number of carbonyl (C=O) groups excluding carboxylic acids is 3. The van der Waals surface area contributed by atoms with E-state index in [1.54, 1.807) is 55.3 Å². The number of nitrogens with zero attached hydrogens (tertiary/aromatic N) is 1. The molecule has 2 aromatic carbocycles. The van der Waals surface area contributed by atoms with Gasteiger partial charge in [-0.3, -0.25) is 14.4 Å². The summed E-state index contributed by atoms with van der Waals surface area (Å²) >= 11 is 0. The van der Waals surface area contributed by atoms with Crippen LogP contribution in [-0.2, 0) is 14.3 Å². The number of hydrogen-bond acceptors (Lipinski definition) is 5. The number of esters is 1. The normalized spacial score (nSPS) is 17.3. The number of anilines is 1. The fraction of sp³-hybridized carbons (Fsp3) is 0.318. The summed E-state index contributed by atoms with van der Waals surface area (Å²) in [7, 11) is 1.57. The topological polar surface area (TPSA) is 72.9 Å². The molecule has 1 heterocycles. The van der Waals surface area contributed by atoms with E-state index in [1.807, 2.05) is 19.1 Å². The quantitative estimate of drug-likeness (QED) is 0.568. The minimum absolute atomic E-state index is 0.0658. The number of ketones is 1. The second kappa shape index (κ2) is 8.25. The molecule has 0 aliphatic carbocycles. The lowest BCUT2D eigenvalue weighted by Crippen LogP contribution is -2.30. The summed E-state index contributed by atoms with van der Waals surface area (Å²) in [5.74, 6) is -0.843. The van der Waals surface area contributed by atoms with Crippen molar-refractivity contribution in [2.45, 2.75) is 26.4 Å². The molecule has 0 aromatic heterocycles. The van der Waals surface area contributed by atoms with Gasteiger partial charge in [-0.15, -0.1) is 0 Å². The number of rotatable bonds is 6. The van der Waals surface area contributed by atoms with Crippen LogP contribution < -0.4 is 9.64 Å². The minimum atomic E-state index is -0.902. The second-order valence-corrected chi connectivity index (χ2v) is 6.91. The van der Waals surface area contributed by atoms with Crippen molar-refractivity contribution in [3.8, 4) is 5.75 Å². The van der Waals surface area contributed by atoms with Crippen LogP contribution in [0.15, 0.2) is 48.5 Å². The highest BCUT2D eigenvalue weighted by atomic mass is 16.5. The van der Waals surface area contributed by atoms with Gasteiger partial charge >= 0.3 is 5.97 Å². The van der Waals surface area contributed by atoms with E-state index < -0.39 is 18.0 Å². The number of benzene rings is 2. The lowest BCUT2D eigenvalue weighted by molar-refractivity contribution is -0.151. The van der Waals surface area contributed by atoms with Gasteiger partial charge in [0.25, 0.3) is 0 Å². The van der Waals surface area contributed by atoms with Gasteiger partial charge in [-0.2, -0.15) is 0 Å². The van der Waals surface area contributed by atoms with Gasteiger partial charge in [-0.25, -0.2) is 0 Å². The van der Waals surface area contributed by atoms with Crippen molar-refractivity contribution in [1.29, 1.82) is 0 Å². The summed E-state index contributed by atoms with van der Waals surface area (Å²) in [5.41, 5.74) is 2.24. The largest absolute Gasteiger partial charge is 0.497 e. The average Bonchev–Trinajstić information content (AvgIpc) is 3.10. The van der Waals surface area contributed by atoms with Crippen molar-refractivity contribution < 1.29 is 23.9 Å². The monoisotopic (exact) mass is 381 g/mol. The summed E-state index contributed by atoms with van der Waals surface area (Å²) in [6.45, 7) is 3.72. The fourth-order valence-corrected chi connectivity index (χ4v) is 3.15. The Bertz CT molecular complexity index is 873. The first-order chi connectivity index (χ1) is 13.4. The third-order valence-electron chi connectivity index (χ3n) is 4.84. The maximum absolute atomic E-state index is 12.5. The first-order valence-electron chi connectivity index (χ1n) is 9.15. The molecule has 0 radical (unpaired) electrons. The Kier molecular flexibility index (Phi) is 5.78. The maximum atomic E-state index is 12.5. The van der Waals surface area contributed by atoms with E-state index in [4.69, 9.17) is 9.47 Å². The van der Waals surface area contributed by atoms with Crippen LogP contribution in [0.3, 0.4) is 0 Å². The molecule has 6 nitrogen and oxygen atoms in total. The molecule has 1 aliphatic heterocycles. The molecule has 0 unspecified atom stereocenters. The molecule has 2 aromatic rings. The van der Waals surface area contributed by atoms with Crippen molar-refractivity contribution in [3.05, 3.63) is 59.7 Å². The third-order valence-corrected chi connectivity index (χ3v) is 4.84. The average molecular weight is 381 g/mol. The third kappa shape index (κ3) is 4.22. The molecular formula is C22H23NO5. The van der Waals surface area contributed by atoms with Crippen LogP contribution in [0.2, 0.25) is 0 Å². The Morgan fingerprint density at radius 2 is 1.71 bits per heavy atom. The van der Waals surface area contributed by atoms with Crippen LogP contribution in [0.4, 0.5) is 5.69 Å². The van der Waals surface area contributed by atoms with Gasteiger partial charge in [0.15, 0.2) is 6.10 Å². The summed E-state index contributed by atoms with van der Waals surface area (Å²) < 4.78 is 10.5. The van der Waals surface area contributed by atoms with Crippen molar-refractivity contribution >= 4 is 23.3 Å². The number of hydrogen-bond donors (Lipinski definition) is 0. The van der Waals surface area contributed by atoms with Crippen molar-refractivity contribution in [1.82, 2.24) is 0 Å². The number of aryl methyl sites for hydroxylation is 1. The summed E-state index contributed by atoms with van der Waals surface area (Å²) in [5, 5.41) is 0. The molecule has 1 saturated heterocycles. The molecule has 0 bridgehead atoms. The Morgan fingerprint density at radius 3 is 2.32 bits per heavy atom. The van der Waals surface area contributed by atoms with E-state index in [9.17, 15) is 14.4 Å². The number of carbonyl (C=O) groups is 3. The van der Waals surface area contributed by atoms with E-state index in [1.165, 1.54) is 0 Å². The van der Waals surface area contributed by atoms with Crippen LogP contribution in [0.1, 0.15) is 29.3 Å². The van der Waals surface area contributed by atoms with Crippen LogP contribution in [0.25, 0.3) is 0 Å². The molecule has 1 aliphatic rings. The van der Waals surface area contributed by atoms with Gasteiger partial charge in [0.1, 0.15) is 5.75 Å². The number of Topliss-reactive ketones (excluding diaryl/α,β-unsaturated/α-hetero) is 1. The number of amides is 1. The minimum Gasteiger partial charge on any atom is -0.497 e. The van der Waals surface area contributed by atoms with Crippen molar-refractivity contribution in [3.63, 3.8) is 0 Å². The van der Waals surface area contributed by atoms with Crippen molar-refractivity contribution in [2.75, 3.05) is 18.6 Å². The zero-order valence-electron chi connectivity index (χ0n) is 16.2. The molecule has 0 N–H and O–H groups in total. The Labute approximate surface area is 164 Å². The Balaban J connectivity index is 1.62. The highest BCUT2D eigenvalue weighted by Crippen LogP contribution is 2.27. The van der Waals surface area contributed by atoms with Gasteiger partial charge in [0.05, 0.1) is 13.0 Å². The molecule has 146 valence electrons. The molecule has 0 saturated carbocycles. The Morgan fingerprint density at radius 1 is 1.07 bits per heavy atom. The predicted octanol–water partition coefficient (Wildman–Crippen LogP) is 3.17. The highest BCUT2D eigenvalue weighted by molar-refractivity contribution is 6.02. The van der Waals surface area contributed by atoms with E-state index in [0.29, 0.717) is 17.0 Å². The lowest BCUT2D eigenvalue weighted by atomic mass is 10.1. The summed E-state index contributed by atoms with van der Waals surface area (Å²) in [6, 6.07) is 14.2. The molecule has 2 atom stereocenters. The van der Waals surface area contributed by atoms with Crippen LogP contribution >= 0.6 is 0 Å². The fourth-order valence-electron chi connectivity index (χ4n) is 3.15. The molecule has 6 heteroatoms. The predicted molar refractivity (Wildman–Crippen MR) is 105 cm³/mol. The van der Waals surface area contributed by atoms with E-state index >= 15 is 0 Å².